The smallest absolute Gasteiger partial charge is 0.270 e. The summed E-state index contributed by atoms with van der Waals surface area (Å²) in [6, 6.07) is 11.9. The van der Waals surface area contributed by atoms with Crippen LogP contribution in [0, 0.1) is 10.1 Å². The lowest BCUT2D eigenvalue weighted by molar-refractivity contribution is -0.385. The van der Waals surface area contributed by atoms with Gasteiger partial charge in [0, 0.05) is 30.7 Å². The quantitative estimate of drug-likeness (QED) is 0.529. The van der Waals surface area contributed by atoms with Gasteiger partial charge in [0.05, 0.1) is 16.4 Å². The zero-order valence-corrected chi connectivity index (χ0v) is 16.0. The van der Waals surface area contributed by atoms with Crippen molar-refractivity contribution in [3.63, 3.8) is 0 Å². The van der Waals surface area contributed by atoms with Crippen molar-refractivity contribution < 1.29 is 18.1 Å². The van der Waals surface area contributed by atoms with Crippen molar-refractivity contribution in [1.82, 2.24) is 9.62 Å². The molecule has 2 aromatic carbocycles. The van der Waals surface area contributed by atoms with Gasteiger partial charge in [0.25, 0.3) is 5.69 Å². The fraction of sp³-hybridized carbons (Fsp3) is 0.235. The summed E-state index contributed by atoms with van der Waals surface area (Å²) in [4.78, 5) is 21.9. The number of nitro groups is 1. The van der Waals surface area contributed by atoms with Gasteiger partial charge in [-0.3, -0.25) is 14.9 Å². The Morgan fingerprint density at radius 3 is 2.52 bits per heavy atom. The first-order chi connectivity index (χ1) is 12.7. The molecule has 0 unspecified atom stereocenters. The Morgan fingerprint density at radius 1 is 1.22 bits per heavy atom. The van der Waals surface area contributed by atoms with Crippen molar-refractivity contribution in [1.29, 1.82) is 0 Å². The number of non-ortho nitro benzene ring substituents is 1. The third-order valence-corrected chi connectivity index (χ3v) is 5.80. The zero-order chi connectivity index (χ0) is 20.0. The standard InChI is InChI=1S/C17H18ClN3O5S/c1-20(27(25,26)16-4-2-3-15(11-16)21(23)24)12-17(22)19-10-9-13-5-7-14(18)8-6-13/h2-8,11H,9-10,12H2,1H3,(H,19,22). The second-order valence-corrected chi connectivity index (χ2v) is 8.22. The normalized spacial score (nSPS) is 11.4. The van der Waals surface area contributed by atoms with Crippen molar-refractivity contribution in [2.75, 3.05) is 20.1 Å². The molecule has 1 N–H and O–H groups in total. The molecule has 144 valence electrons. The summed E-state index contributed by atoms with van der Waals surface area (Å²) in [5, 5.41) is 14.1. The molecule has 0 spiro atoms. The zero-order valence-electron chi connectivity index (χ0n) is 14.5. The number of nitrogens with one attached hydrogen (secondary N) is 1. The van der Waals surface area contributed by atoms with Gasteiger partial charge in [0.15, 0.2) is 0 Å². The van der Waals surface area contributed by atoms with Crippen molar-refractivity contribution in [3.05, 3.63) is 69.2 Å². The molecule has 2 aromatic rings. The molecule has 0 radical (unpaired) electrons. The molecule has 0 aliphatic rings. The van der Waals surface area contributed by atoms with E-state index in [4.69, 9.17) is 11.6 Å². The van der Waals surface area contributed by atoms with Gasteiger partial charge in [0.1, 0.15) is 0 Å². The Kier molecular flexibility index (Phi) is 6.89. The average Bonchev–Trinajstić information content (AvgIpc) is 2.63. The monoisotopic (exact) mass is 411 g/mol. The number of nitro benzene ring substituents is 1. The lowest BCUT2D eigenvalue weighted by Gasteiger charge is -2.16. The molecule has 8 nitrogen and oxygen atoms in total. The van der Waals surface area contributed by atoms with Gasteiger partial charge < -0.3 is 5.32 Å². The number of carbonyl (C=O) groups is 1. The molecule has 10 heteroatoms. The number of carbonyl (C=O) groups excluding carboxylic acids is 1. The van der Waals surface area contributed by atoms with E-state index in [2.05, 4.69) is 5.32 Å². The van der Waals surface area contributed by atoms with Crippen LogP contribution in [0.2, 0.25) is 5.02 Å². The highest BCUT2D eigenvalue weighted by Crippen LogP contribution is 2.20. The number of hydrogen-bond acceptors (Lipinski definition) is 5. The summed E-state index contributed by atoms with van der Waals surface area (Å²) in [6.07, 6.45) is 0.574. The van der Waals surface area contributed by atoms with Crippen LogP contribution in [0.4, 0.5) is 5.69 Å². The summed E-state index contributed by atoms with van der Waals surface area (Å²) in [6.45, 7) is -0.0587. The van der Waals surface area contributed by atoms with E-state index in [0.29, 0.717) is 18.0 Å². The number of rotatable bonds is 8. The van der Waals surface area contributed by atoms with E-state index in [1.165, 1.54) is 25.2 Å². The first-order valence-electron chi connectivity index (χ1n) is 7.92. The Labute approximate surface area is 162 Å². The molecule has 0 saturated heterocycles. The molecule has 0 heterocycles. The molecule has 0 atom stereocenters. The maximum atomic E-state index is 12.5. The van der Waals surface area contributed by atoms with Gasteiger partial charge in [-0.1, -0.05) is 29.8 Å². The van der Waals surface area contributed by atoms with Crippen LogP contribution in [0.5, 0.6) is 0 Å². The van der Waals surface area contributed by atoms with E-state index < -0.39 is 27.4 Å². The minimum atomic E-state index is -4.02. The highest BCUT2D eigenvalue weighted by molar-refractivity contribution is 7.89. The minimum absolute atomic E-state index is 0.242. The molecular formula is C17H18ClN3O5S. The van der Waals surface area contributed by atoms with Crippen molar-refractivity contribution in [3.8, 4) is 0 Å². The van der Waals surface area contributed by atoms with Crippen LogP contribution in [0.15, 0.2) is 53.4 Å². The van der Waals surface area contributed by atoms with Gasteiger partial charge in [-0.15, -0.1) is 0 Å². The lowest BCUT2D eigenvalue weighted by atomic mass is 10.1. The molecular weight excluding hydrogens is 394 g/mol. The Balaban J connectivity index is 1.93. The van der Waals surface area contributed by atoms with E-state index in [1.807, 2.05) is 12.1 Å². The van der Waals surface area contributed by atoms with Crippen molar-refractivity contribution in [2.24, 2.45) is 0 Å². The highest BCUT2D eigenvalue weighted by atomic mass is 35.5. The SMILES string of the molecule is CN(CC(=O)NCCc1ccc(Cl)cc1)S(=O)(=O)c1cccc([N+](=O)[O-])c1. The largest absolute Gasteiger partial charge is 0.355 e. The number of sulfonamides is 1. The summed E-state index contributed by atoms with van der Waals surface area (Å²) in [5.41, 5.74) is 0.647. The number of amides is 1. The molecule has 0 bridgehead atoms. The van der Waals surface area contributed by atoms with Crippen LogP contribution in [0.3, 0.4) is 0 Å². The van der Waals surface area contributed by atoms with Gasteiger partial charge >= 0.3 is 0 Å². The maximum absolute atomic E-state index is 12.5. The molecule has 0 aliphatic heterocycles. The predicted molar refractivity (Wildman–Crippen MR) is 101 cm³/mol. The van der Waals surface area contributed by atoms with E-state index in [-0.39, 0.29) is 10.6 Å². The summed E-state index contributed by atoms with van der Waals surface area (Å²) in [5.74, 6) is -0.472. The van der Waals surface area contributed by atoms with Gasteiger partial charge in [0.2, 0.25) is 15.9 Å². The Morgan fingerprint density at radius 2 is 1.89 bits per heavy atom. The Hall–Kier alpha value is -2.49. The number of halogens is 1. The maximum Gasteiger partial charge on any atom is 0.270 e. The summed E-state index contributed by atoms with van der Waals surface area (Å²) < 4.78 is 25.8. The topological polar surface area (TPSA) is 110 Å². The van der Waals surface area contributed by atoms with E-state index in [0.717, 1.165) is 15.9 Å². The number of nitrogens with zero attached hydrogens (tertiary/aromatic N) is 2. The second-order valence-electron chi connectivity index (χ2n) is 5.74. The average molecular weight is 412 g/mol. The fourth-order valence-electron chi connectivity index (χ4n) is 2.28. The molecule has 0 aromatic heterocycles. The van der Waals surface area contributed by atoms with Crippen LogP contribution in [0.25, 0.3) is 0 Å². The van der Waals surface area contributed by atoms with Crippen LogP contribution in [-0.4, -0.2) is 43.7 Å². The lowest BCUT2D eigenvalue weighted by Crippen LogP contribution is -2.39. The van der Waals surface area contributed by atoms with Gasteiger partial charge in [-0.25, -0.2) is 8.42 Å². The molecule has 1 amide bonds. The number of hydrogen-bond donors (Lipinski definition) is 1. The summed E-state index contributed by atoms with van der Waals surface area (Å²) >= 11 is 5.80. The third kappa shape index (κ3) is 5.75. The van der Waals surface area contributed by atoms with Gasteiger partial charge in [-0.2, -0.15) is 4.31 Å². The van der Waals surface area contributed by atoms with Crippen LogP contribution in [-0.2, 0) is 21.2 Å². The van der Waals surface area contributed by atoms with Gasteiger partial charge in [-0.05, 0) is 30.2 Å². The second kappa shape index (κ2) is 8.94. The molecule has 0 fully saturated rings. The first kappa shape index (κ1) is 20.8. The van der Waals surface area contributed by atoms with Crippen LogP contribution >= 0.6 is 11.6 Å². The third-order valence-electron chi connectivity index (χ3n) is 3.75. The molecule has 0 aliphatic carbocycles. The number of benzene rings is 2. The number of likely N-dealkylation sites (N-methyl/N-ethyl adjacent to an activating group) is 1. The van der Waals surface area contributed by atoms with E-state index >= 15 is 0 Å². The minimum Gasteiger partial charge on any atom is -0.355 e. The molecule has 0 saturated carbocycles. The summed E-state index contributed by atoms with van der Waals surface area (Å²) in [7, 11) is -2.78. The first-order valence-corrected chi connectivity index (χ1v) is 9.74. The van der Waals surface area contributed by atoms with Crippen LogP contribution in [0.1, 0.15) is 5.56 Å². The van der Waals surface area contributed by atoms with Crippen molar-refractivity contribution >= 4 is 33.2 Å². The molecule has 27 heavy (non-hydrogen) atoms. The van der Waals surface area contributed by atoms with E-state index in [9.17, 15) is 23.3 Å². The fourth-order valence-corrected chi connectivity index (χ4v) is 3.57. The van der Waals surface area contributed by atoms with Crippen molar-refractivity contribution in [2.45, 2.75) is 11.3 Å². The Bertz CT molecular complexity index is 932. The van der Waals surface area contributed by atoms with E-state index in [1.54, 1.807) is 12.1 Å². The predicted octanol–water partition coefficient (Wildman–Crippen LogP) is 2.23. The molecule has 2 rings (SSSR count). The highest BCUT2D eigenvalue weighted by Gasteiger charge is 2.24. The van der Waals surface area contributed by atoms with Crippen LogP contribution < -0.4 is 5.32 Å².